The zero-order chi connectivity index (χ0) is 14.1. The summed E-state index contributed by atoms with van der Waals surface area (Å²) in [5.41, 5.74) is 3.88. The van der Waals surface area contributed by atoms with Gasteiger partial charge < -0.3 is 9.73 Å². The van der Waals surface area contributed by atoms with Gasteiger partial charge in [0.1, 0.15) is 5.58 Å². The van der Waals surface area contributed by atoms with Gasteiger partial charge in [0.2, 0.25) is 0 Å². The van der Waals surface area contributed by atoms with E-state index in [1.54, 1.807) is 6.07 Å². The van der Waals surface area contributed by atoms with Gasteiger partial charge >= 0.3 is 5.63 Å². The van der Waals surface area contributed by atoms with Gasteiger partial charge in [-0.25, -0.2) is 4.79 Å². The maximum atomic E-state index is 11.5. The quantitative estimate of drug-likeness (QED) is 0.843. The minimum Gasteiger partial charge on any atom is -0.423 e. The van der Waals surface area contributed by atoms with Gasteiger partial charge in [-0.05, 0) is 49.3 Å². The van der Waals surface area contributed by atoms with E-state index in [4.69, 9.17) is 4.42 Å². The van der Waals surface area contributed by atoms with Crippen LogP contribution in [0.5, 0.6) is 0 Å². The van der Waals surface area contributed by atoms with Gasteiger partial charge in [-0.2, -0.15) is 0 Å². The van der Waals surface area contributed by atoms with Gasteiger partial charge in [0.05, 0.1) is 0 Å². The molecule has 1 atom stereocenters. The normalized spacial score (nSPS) is 18.4. The van der Waals surface area contributed by atoms with E-state index >= 15 is 0 Å². The first-order valence-corrected chi connectivity index (χ1v) is 7.48. The third-order valence-corrected chi connectivity index (χ3v) is 4.28. The van der Waals surface area contributed by atoms with Gasteiger partial charge in [-0.1, -0.05) is 13.3 Å². The molecule has 0 amide bonds. The van der Waals surface area contributed by atoms with Crippen molar-refractivity contribution in [1.82, 2.24) is 0 Å². The van der Waals surface area contributed by atoms with Crippen molar-refractivity contribution < 1.29 is 4.42 Å². The second kappa shape index (κ2) is 5.31. The number of anilines is 1. The van der Waals surface area contributed by atoms with Crippen LogP contribution in [-0.2, 0) is 6.42 Å². The van der Waals surface area contributed by atoms with Crippen molar-refractivity contribution in [3.63, 3.8) is 0 Å². The Hall–Kier alpha value is -1.77. The first kappa shape index (κ1) is 13.2. The Bertz CT molecular complexity index is 687. The molecule has 0 fully saturated rings. The van der Waals surface area contributed by atoms with E-state index < -0.39 is 0 Å². The number of benzene rings is 1. The maximum Gasteiger partial charge on any atom is 0.336 e. The molecule has 0 radical (unpaired) electrons. The largest absolute Gasteiger partial charge is 0.423 e. The second-order valence-electron chi connectivity index (χ2n) is 5.83. The molecule has 106 valence electrons. The monoisotopic (exact) mass is 271 g/mol. The molecule has 0 spiro atoms. The molecule has 1 aliphatic heterocycles. The highest BCUT2D eigenvalue weighted by Gasteiger charge is 2.16. The van der Waals surface area contributed by atoms with Gasteiger partial charge in [-0.3, -0.25) is 0 Å². The predicted molar refractivity (Wildman–Crippen MR) is 82.4 cm³/mol. The third-order valence-electron chi connectivity index (χ3n) is 4.28. The van der Waals surface area contributed by atoms with E-state index in [1.165, 1.54) is 24.8 Å². The predicted octanol–water partition coefficient (Wildman–Crippen LogP) is 3.88. The summed E-state index contributed by atoms with van der Waals surface area (Å²) in [5, 5.41) is 4.58. The molecule has 1 N–H and O–H groups in total. The Morgan fingerprint density at radius 2 is 2.20 bits per heavy atom. The third kappa shape index (κ3) is 2.45. The Balaban J connectivity index is 2.03. The van der Waals surface area contributed by atoms with Crippen LogP contribution in [0.3, 0.4) is 0 Å². The lowest BCUT2D eigenvalue weighted by Gasteiger charge is -2.12. The van der Waals surface area contributed by atoms with Crippen LogP contribution in [0, 0.1) is 12.8 Å². The van der Waals surface area contributed by atoms with Crippen molar-refractivity contribution in [1.29, 1.82) is 0 Å². The van der Waals surface area contributed by atoms with Crippen LogP contribution in [0.2, 0.25) is 0 Å². The van der Waals surface area contributed by atoms with E-state index in [1.807, 2.05) is 13.0 Å². The lowest BCUT2D eigenvalue weighted by molar-refractivity contribution is 0.474. The minimum absolute atomic E-state index is 0.271. The van der Waals surface area contributed by atoms with E-state index in [9.17, 15) is 4.79 Å². The summed E-state index contributed by atoms with van der Waals surface area (Å²) in [6.45, 7) is 5.22. The highest BCUT2D eigenvalue weighted by Crippen LogP contribution is 2.30. The fourth-order valence-corrected chi connectivity index (χ4v) is 3.15. The molecule has 0 aliphatic carbocycles. The molecule has 3 rings (SSSR count). The van der Waals surface area contributed by atoms with E-state index in [-0.39, 0.29) is 5.63 Å². The van der Waals surface area contributed by atoms with Gasteiger partial charge in [0.15, 0.2) is 0 Å². The highest BCUT2D eigenvalue weighted by atomic mass is 16.4. The number of hydrogen-bond donors (Lipinski definition) is 1. The van der Waals surface area contributed by atoms with Crippen molar-refractivity contribution in [2.45, 2.75) is 39.5 Å². The van der Waals surface area contributed by atoms with Crippen LogP contribution in [0.25, 0.3) is 11.0 Å². The fourth-order valence-electron chi connectivity index (χ4n) is 3.15. The van der Waals surface area contributed by atoms with Crippen molar-refractivity contribution in [3.8, 4) is 0 Å². The average Bonchev–Trinajstić information content (AvgIpc) is 2.60. The Kier molecular flexibility index (Phi) is 3.51. The van der Waals surface area contributed by atoms with Crippen molar-refractivity contribution in [2.24, 2.45) is 5.92 Å². The molecule has 0 saturated carbocycles. The van der Waals surface area contributed by atoms with E-state index in [2.05, 4.69) is 18.3 Å². The van der Waals surface area contributed by atoms with Gasteiger partial charge in [0, 0.05) is 29.8 Å². The molecular weight excluding hydrogens is 250 g/mol. The van der Waals surface area contributed by atoms with Crippen LogP contribution in [0.4, 0.5) is 5.69 Å². The lowest BCUT2D eigenvalue weighted by Crippen LogP contribution is -2.11. The fraction of sp³-hybridized carbons (Fsp3) is 0.471. The van der Waals surface area contributed by atoms with Gasteiger partial charge in [-0.15, -0.1) is 0 Å². The van der Waals surface area contributed by atoms with Crippen LogP contribution < -0.4 is 10.9 Å². The van der Waals surface area contributed by atoms with Crippen molar-refractivity contribution >= 4 is 16.7 Å². The summed E-state index contributed by atoms with van der Waals surface area (Å²) in [7, 11) is 0. The Morgan fingerprint density at radius 1 is 1.35 bits per heavy atom. The number of nitrogens with one attached hydrogen (secondary N) is 1. The molecular formula is C17H21NO2. The standard InChI is InChI=1S/C17H21NO2/c1-3-4-12-5-6-13-8-14-11(2)7-17(19)20-16(14)9-15(13)18-10-12/h7-9,12,18H,3-6,10H2,1-2H3/t12-/m0/s1. The Morgan fingerprint density at radius 3 is 3.00 bits per heavy atom. The summed E-state index contributed by atoms with van der Waals surface area (Å²) in [4.78, 5) is 11.5. The molecule has 0 saturated heterocycles. The number of fused-ring (bicyclic) bond motifs is 2. The van der Waals surface area contributed by atoms with Crippen molar-refractivity contribution in [3.05, 3.63) is 39.7 Å². The van der Waals surface area contributed by atoms with Crippen LogP contribution in [-0.4, -0.2) is 6.54 Å². The topological polar surface area (TPSA) is 42.2 Å². The molecule has 2 aromatic rings. The molecule has 3 heteroatoms. The van der Waals surface area contributed by atoms with Crippen LogP contribution >= 0.6 is 0 Å². The average molecular weight is 271 g/mol. The van der Waals surface area contributed by atoms with E-state index in [0.717, 1.165) is 35.5 Å². The van der Waals surface area contributed by atoms with Gasteiger partial charge in [0.25, 0.3) is 0 Å². The maximum absolute atomic E-state index is 11.5. The van der Waals surface area contributed by atoms with Crippen LogP contribution in [0.1, 0.15) is 37.3 Å². The Labute approximate surface area is 119 Å². The molecule has 1 aromatic carbocycles. The molecule has 0 unspecified atom stereocenters. The minimum atomic E-state index is -0.271. The number of rotatable bonds is 2. The molecule has 20 heavy (non-hydrogen) atoms. The van der Waals surface area contributed by atoms with Crippen molar-refractivity contribution in [2.75, 3.05) is 11.9 Å². The summed E-state index contributed by atoms with van der Waals surface area (Å²) in [5.74, 6) is 0.739. The zero-order valence-electron chi connectivity index (χ0n) is 12.2. The summed E-state index contributed by atoms with van der Waals surface area (Å²) < 4.78 is 5.33. The molecule has 0 bridgehead atoms. The van der Waals surface area contributed by atoms with E-state index in [0.29, 0.717) is 5.58 Å². The number of hydrogen-bond acceptors (Lipinski definition) is 3. The molecule has 1 aromatic heterocycles. The lowest BCUT2D eigenvalue weighted by atomic mass is 9.96. The summed E-state index contributed by atoms with van der Waals surface area (Å²) >= 11 is 0. The molecule has 1 aliphatic rings. The summed E-state index contributed by atoms with van der Waals surface area (Å²) in [6.07, 6.45) is 4.84. The first-order chi connectivity index (χ1) is 9.67. The highest BCUT2D eigenvalue weighted by molar-refractivity contribution is 5.85. The SMILES string of the molecule is CCC[C@H]1CCc2cc3c(C)cc(=O)oc3cc2NC1. The first-order valence-electron chi connectivity index (χ1n) is 7.48. The second-order valence-corrected chi connectivity index (χ2v) is 5.83. The molecule has 2 heterocycles. The smallest absolute Gasteiger partial charge is 0.336 e. The summed E-state index contributed by atoms with van der Waals surface area (Å²) in [6, 6.07) is 5.75. The zero-order valence-corrected chi connectivity index (χ0v) is 12.2. The molecule has 3 nitrogen and oxygen atoms in total. The number of aryl methyl sites for hydroxylation is 2. The van der Waals surface area contributed by atoms with Crippen LogP contribution in [0.15, 0.2) is 27.4 Å².